The first-order valence-electron chi connectivity index (χ1n) is 20.5. The predicted octanol–water partition coefficient (Wildman–Crippen LogP) is 7.33. The molecule has 0 saturated carbocycles. The van der Waals surface area contributed by atoms with Gasteiger partial charge in [-0.25, -0.2) is 4.79 Å². The number of esters is 1. The summed E-state index contributed by atoms with van der Waals surface area (Å²) in [6.07, 6.45) is 12.5. The third kappa shape index (κ3) is 17.0. The highest BCUT2D eigenvalue weighted by Gasteiger charge is 2.39. The largest absolute Gasteiger partial charge is 0.544 e. The van der Waals surface area contributed by atoms with Crippen molar-refractivity contribution in [3.05, 3.63) is 54.1 Å². The highest BCUT2D eigenvalue weighted by atomic mass is 28.4. The van der Waals surface area contributed by atoms with Crippen LogP contribution in [0.4, 0.5) is 0 Å². The van der Waals surface area contributed by atoms with E-state index in [0.717, 1.165) is 24.2 Å². The van der Waals surface area contributed by atoms with Crippen molar-refractivity contribution in [2.24, 2.45) is 17.8 Å². The number of nitrogens with one attached hydrogen (secondary N) is 3. The molecule has 0 radical (unpaired) electrons. The maximum atomic E-state index is 13.7. The Morgan fingerprint density at radius 2 is 1.64 bits per heavy atom. The number of cyclic esters (lactones) is 1. The molecule has 3 amide bonds. The van der Waals surface area contributed by atoms with Gasteiger partial charge in [-0.1, -0.05) is 105 Å². The van der Waals surface area contributed by atoms with Crippen molar-refractivity contribution in [3.63, 3.8) is 0 Å². The maximum Gasteiger partial charge on any atom is 0.329 e. The van der Waals surface area contributed by atoms with E-state index in [1.807, 2.05) is 50.3 Å². The Morgan fingerprint density at radius 1 is 0.964 bits per heavy atom. The SMILES string of the molecule is CCCCCC/C=C\CC(=O)CCC(=O)N[C@H](C(=O)C[C@@H]1/C=C/C(=O)N[C@@H](C(C)C)C(=O)N[C@@H](Cc2ccc(O[Si](C)(C)C(C)(C)C)cc2)C(=O)OC1)C(C)C. The van der Waals surface area contributed by atoms with Gasteiger partial charge in [0.05, 0.1) is 12.6 Å². The van der Waals surface area contributed by atoms with Crippen LogP contribution >= 0.6 is 0 Å². The average Bonchev–Trinajstić information content (AvgIpc) is 3.11. The van der Waals surface area contributed by atoms with Crippen molar-refractivity contribution in [2.75, 3.05) is 6.61 Å². The van der Waals surface area contributed by atoms with Crippen molar-refractivity contribution in [2.45, 2.75) is 156 Å². The molecule has 2 rings (SSSR count). The van der Waals surface area contributed by atoms with E-state index >= 15 is 0 Å². The van der Waals surface area contributed by atoms with Crippen molar-refractivity contribution in [3.8, 4) is 5.75 Å². The van der Waals surface area contributed by atoms with Gasteiger partial charge in [-0.05, 0) is 66.6 Å². The van der Waals surface area contributed by atoms with Crippen molar-refractivity contribution in [1.82, 2.24) is 16.0 Å². The highest BCUT2D eigenvalue weighted by Crippen LogP contribution is 2.37. The monoisotopic (exact) mass is 795 g/mol. The molecule has 1 heterocycles. The number of ether oxygens (including phenoxy) is 1. The molecular formula is C44H69N3O8Si. The number of carbonyl (C=O) groups excluding carboxylic acids is 6. The molecule has 56 heavy (non-hydrogen) atoms. The van der Waals surface area contributed by atoms with Crippen molar-refractivity contribution < 1.29 is 37.9 Å². The van der Waals surface area contributed by atoms with Gasteiger partial charge < -0.3 is 25.1 Å². The smallest absolute Gasteiger partial charge is 0.329 e. The Morgan fingerprint density at radius 3 is 2.25 bits per heavy atom. The van der Waals surface area contributed by atoms with Crippen LogP contribution in [0, 0.1) is 17.8 Å². The first kappa shape index (κ1) is 48.1. The zero-order chi connectivity index (χ0) is 42.1. The standard InChI is InChI=1S/C44H69N3O8Si/c1-11-12-13-14-15-16-17-18-34(48)22-26-39(51)46-40(30(2)3)37(49)28-33-21-25-38(50)47-41(31(4)5)42(52)45-36(43(53)54-29-33)27-32-19-23-35(24-20-32)55-56(9,10)44(6,7)8/h16-17,19-21,23-25,30-31,33,36,40-41H,11-15,18,22,26-29H2,1-10H3,(H,45,52)(H,46,51)(H,47,50)/b17-16-,25-21+/t33-,36-,40-,41-/m0/s1. The number of amides is 3. The molecule has 1 aromatic rings. The minimum absolute atomic E-state index is 0.0169. The maximum absolute atomic E-state index is 13.7. The summed E-state index contributed by atoms with van der Waals surface area (Å²) >= 11 is 0. The minimum Gasteiger partial charge on any atom is -0.544 e. The number of rotatable bonds is 20. The molecule has 0 fully saturated rings. The van der Waals surface area contributed by atoms with Crippen LogP contribution in [0.1, 0.15) is 119 Å². The first-order chi connectivity index (χ1) is 26.2. The highest BCUT2D eigenvalue weighted by molar-refractivity contribution is 6.74. The van der Waals surface area contributed by atoms with Gasteiger partial charge in [-0.2, -0.15) is 0 Å². The normalized spacial score (nSPS) is 19.7. The molecule has 1 aromatic carbocycles. The van der Waals surface area contributed by atoms with Crippen LogP contribution < -0.4 is 20.4 Å². The number of allylic oxidation sites excluding steroid dienone is 2. The number of carbonyl (C=O) groups is 6. The second-order valence-corrected chi connectivity index (χ2v) is 22.0. The van der Waals surface area contributed by atoms with Crippen LogP contribution in [-0.4, -0.2) is 68.3 Å². The van der Waals surface area contributed by atoms with Crippen LogP contribution in [0.2, 0.25) is 18.1 Å². The second kappa shape index (κ2) is 23.2. The van der Waals surface area contributed by atoms with Crippen molar-refractivity contribution in [1.29, 1.82) is 0 Å². The molecule has 312 valence electrons. The van der Waals surface area contributed by atoms with E-state index in [1.54, 1.807) is 13.8 Å². The summed E-state index contributed by atoms with van der Waals surface area (Å²) in [7, 11) is -2.07. The molecule has 11 nitrogen and oxygen atoms in total. The molecule has 0 saturated heterocycles. The molecule has 12 heteroatoms. The van der Waals surface area contributed by atoms with Crippen LogP contribution in [-0.2, 0) is 39.9 Å². The number of hydrogen-bond acceptors (Lipinski definition) is 8. The Hall–Kier alpha value is -4.06. The Bertz CT molecular complexity index is 1530. The molecule has 0 aromatic heterocycles. The van der Waals surface area contributed by atoms with Crippen LogP contribution in [0.5, 0.6) is 5.75 Å². The fourth-order valence-electron chi connectivity index (χ4n) is 5.89. The zero-order valence-electron chi connectivity index (χ0n) is 35.6. The van der Waals surface area contributed by atoms with Gasteiger partial charge in [0.25, 0.3) is 0 Å². The molecule has 0 unspecified atom stereocenters. The summed E-state index contributed by atoms with van der Waals surface area (Å²) in [5.74, 6) is -2.97. The summed E-state index contributed by atoms with van der Waals surface area (Å²) in [5, 5.41) is 8.35. The lowest BCUT2D eigenvalue weighted by Gasteiger charge is -2.36. The number of benzene rings is 1. The summed E-state index contributed by atoms with van der Waals surface area (Å²) in [6, 6.07) is 4.58. The fraction of sp³-hybridized carbons (Fsp3) is 0.636. The van der Waals surface area contributed by atoms with Gasteiger partial charge in [0.2, 0.25) is 26.0 Å². The van der Waals surface area contributed by atoms with Crippen LogP contribution in [0.3, 0.4) is 0 Å². The van der Waals surface area contributed by atoms with Gasteiger partial charge in [0, 0.05) is 38.0 Å². The number of ketones is 2. The van der Waals surface area contributed by atoms with E-state index in [-0.39, 0.29) is 67.2 Å². The summed E-state index contributed by atoms with van der Waals surface area (Å²) in [5.41, 5.74) is 0.769. The van der Waals surface area contributed by atoms with Crippen LogP contribution in [0.15, 0.2) is 48.6 Å². The molecule has 1 aliphatic heterocycles. The van der Waals surface area contributed by atoms with Gasteiger partial charge in [0.1, 0.15) is 23.6 Å². The Labute approximate surface area is 336 Å². The topological polar surface area (TPSA) is 157 Å². The quantitative estimate of drug-likeness (QED) is 0.0536. The molecule has 3 N–H and O–H groups in total. The lowest BCUT2D eigenvalue weighted by molar-refractivity contribution is -0.149. The van der Waals surface area contributed by atoms with E-state index in [4.69, 9.17) is 9.16 Å². The van der Waals surface area contributed by atoms with E-state index in [0.29, 0.717) is 0 Å². The van der Waals surface area contributed by atoms with E-state index in [9.17, 15) is 28.8 Å². The van der Waals surface area contributed by atoms with Gasteiger partial charge >= 0.3 is 5.97 Å². The van der Waals surface area contributed by atoms with Crippen molar-refractivity contribution >= 4 is 43.6 Å². The fourth-order valence-corrected chi connectivity index (χ4v) is 6.92. The summed E-state index contributed by atoms with van der Waals surface area (Å²) in [6.45, 7) is 20.0. The van der Waals surface area contributed by atoms with E-state index in [1.165, 1.54) is 31.4 Å². The summed E-state index contributed by atoms with van der Waals surface area (Å²) in [4.78, 5) is 79.0. The van der Waals surface area contributed by atoms with Crippen LogP contribution in [0.25, 0.3) is 0 Å². The van der Waals surface area contributed by atoms with E-state index in [2.05, 4.69) is 56.7 Å². The molecule has 1 aliphatic rings. The lowest BCUT2D eigenvalue weighted by atomic mass is 9.92. The zero-order valence-corrected chi connectivity index (χ0v) is 36.6. The lowest BCUT2D eigenvalue weighted by Crippen LogP contribution is -2.54. The van der Waals surface area contributed by atoms with Gasteiger partial charge in [-0.15, -0.1) is 0 Å². The minimum atomic E-state index is -2.07. The molecular weight excluding hydrogens is 727 g/mol. The average molecular weight is 796 g/mol. The number of hydrogen-bond donors (Lipinski definition) is 3. The van der Waals surface area contributed by atoms with Gasteiger partial charge in [-0.3, -0.25) is 24.0 Å². The second-order valence-electron chi connectivity index (χ2n) is 17.3. The molecule has 0 bridgehead atoms. The number of Topliss-reactive ketones (excluding diaryl/α,β-unsaturated/α-hetero) is 2. The Balaban J connectivity index is 2.16. The first-order valence-corrected chi connectivity index (χ1v) is 23.4. The predicted molar refractivity (Wildman–Crippen MR) is 223 cm³/mol. The third-order valence-corrected chi connectivity index (χ3v) is 14.9. The molecule has 4 atom stereocenters. The third-order valence-electron chi connectivity index (χ3n) is 10.5. The molecule has 0 spiro atoms. The van der Waals surface area contributed by atoms with Gasteiger partial charge in [0.15, 0.2) is 5.78 Å². The summed E-state index contributed by atoms with van der Waals surface area (Å²) < 4.78 is 12.1. The Kier molecular flexibility index (Phi) is 20.0. The van der Waals surface area contributed by atoms with E-state index < -0.39 is 56.1 Å². The molecule has 0 aliphatic carbocycles. The number of unbranched alkanes of at least 4 members (excludes halogenated alkanes) is 4.